The summed E-state index contributed by atoms with van der Waals surface area (Å²) in [6.07, 6.45) is 2.70. The summed E-state index contributed by atoms with van der Waals surface area (Å²) in [5.41, 5.74) is 1.19. The van der Waals surface area contributed by atoms with Gasteiger partial charge in [0.15, 0.2) is 0 Å². The van der Waals surface area contributed by atoms with Crippen LogP contribution >= 0.6 is 0 Å². The molecule has 2 rings (SSSR count). The van der Waals surface area contributed by atoms with Gasteiger partial charge in [0.25, 0.3) is 0 Å². The normalized spacial score (nSPS) is 17.3. The molecule has 0 spiro atoms. The molecule has 1 aromatic carbocycles. The first-order valence-corrected chi connectivity index (χ1v) is 8.15. The molecule has 1 atom stereocenters. The second-order valence-corrected chi connectivity index (χ2v) is 5.91. The molecule has 0 aromatic heterocycles. The number of carbonyl (C=O) groups is 3. The Balaban J connectivity index is 1.92. The molecular formula is C18H22FN3O3. The maximum atomic E-state index is 13.2. The fraction of sp³-hybridized carbons (Fsp3) is 0.389. The van der Waals surface area contributed by atoms with Gasteiger partial charge in [-0.3, -0.25) is 14.4 Å². The van der Waals surface area contributed by atoms with E-state index in [0.29, 0.717) is 24.1 Å². The summed E-state index contributed by atoms with van der Waals surface area (Å²) >= 11 is 0. The molecule has 1 saturated heterocycles. The highest BCUT2D eigenvalue weighted by Gasteiger charge is 2.33. The Morgan fingerprint density at radius 3 is 2.80 bits per heavy atom. The standard InChI is InChI=1S/C18H22FN3O3/c1-12(13-5-3-6-14(19)10-13)9-16(23)21-11-17(24)22-8-4-7-15(22)18(25)20-2/h3,5-6,9-10,15H,4,7-8,11H2,1-2H3,(H,20,25)(H,21,23). The predicted octanol–water partition coefficient (Wildman–Crippen LogP) is 1.08. The van der Waals surface area contributed by atoms with Gasteiger partial charge in [0.2, 0.25) is 17.7 Å². The zero-order valence-corrected chi connectivity index (χ0v) is 14.3. The highest BCUT2D eigenvalue weighted by Crippen LogP contribution is 2.17. The number of allylic oxidation sites excluding steroid dienone is 1. The van der Waals surface area contributed by atoms with Gasteiger partial charge in [0.05, 0.1) is 6.54 Å². The smallest absolute Gasteiger partial charge is 0.244 e. The number of rotatable bonds is 5. The van der Waals surface area contributed by atoms with Gasteiger partial charge in [0, 0.05) is 19.7 Å². The average molecular weight is 347 g/mol. The Morgan fingerprint density at radius 2 is 2.12 bits per heavy atom. The first-order valence-electron chi connectivity index (χ1n) is 8.15. The van der Waals surface area contributed by atoms with E-state index in [4.69, 9.17) is 0 Å². The molecular weight excluding hydrogens is 325 g/mol. The quantitative estimate of drug-likeness (QED) is 0.783. The lowest BCUT2D eigenvalue weighted by molar-refractivity contribution is -0.138. The number of likely N-dealkylation sites (N-methyl/N-ethyl adjacent to an activating group) is 1. The van der Waals surface area contributed by atoms with Crippen molar-refractivity contribution in [2.45, 2.75) is 25.8 Å². The third-order valence-corrected chi connectivity index (χ3v) is 4.16. The molecule has 25 heavy (non-hydrogen) atoms. The number of hydrogen-bond acceptors (Lipinski definition) is 3. The summed E-state index contributed by atoms with van der Waals surface area (Å²) in [6, 6.07) is 5.46. The van der Waals surface area contributed by atoms with Crippen LogP contribution in [0, 0.1) is 5.82 Å². The van der Waals surface area contributed by atoms with E-state index in [-0.39, 0.29) is 24.2 Å². The second kappa shape index (κ2) is 8.41. The number of halogens is 1. The van der Waals surface area contributed by atoms with Gasteiger partial charge in [-0.1, -0.05) is 12.1 Å². The van der Waals surface area contributed by atoms with E-state index in [2.05, 4.69) is 10.6 Å². The molecule has 6 nitrogen and oxygen atoms in total. The van der Waals surface area contributed by atoms with Crippen LogP contribution in [0.1, 0.15) is 25.3 Å². The molecule has 1 aromatic rings. The lowest BCUT2D eigenvalue weighted by Gasteiger charge is -2.23. The van der Waals surface area contributed by atoms with E-state index in [1.165, 1.54) is 30.2 Å². The first kappa shape index (κ1) is 18.6. The van der Waals surface area contributed by atoms with E-state index in [0.717, 1.165) is 6.42 Å². The van der Waals surface area contributed by atoms with Crippen molar-refractivity contribution in [1.82, 2.24) is 15.5 Å². The number of benzene rings is 1. The van der Waals surface area contributed by atoms with Crippen LogP contribution in [0.2, 0.25) is 0 Å². The Bertz CT molecular complexity index is 703. The number of amides is 3. The fourth-order valence-electron chi connectivity index (χ4n) is 2.83. The third-order valence-electron chi connectivity index (χ3n) is 4.16. The Morgan fingerprint density at radius 1 is 1.36 bits per heavy atom. The maximum absolute atomic E-state index is 13.2. The summed E-state index contributed by atoms with van der Waals surface area (Å²) in [5.74, 6) is -1.31. The Hall–Kier alpha value is -2.70. The SMILES string of the molecule is CNC(=O)C1CCCN1C(=O)CNC(=O)C=C(C)c1cccc(F)c1. The summed E-state index contributed by atoms with van der Waals surface area (Å²) in [4.78, 5) is 37.5. The third kappa shape index (κ3) is 4.89. The maximum Gasteiger partial charge on any atom is 0.244 e. The predicted molar refractivity (Wildman–Crippen MR) is 91.9 cm³/mol. The fourth-order valence-corrected chi connectivity index (χ4v) is 2.83. The first-order chi connectivity index (χ1) is 11.9. The Kier molecular flexibility index (Phi) is 6.27. The van der Waals surface area contributed by atoms with Crippen LogP contribution in [0.15, 0.2) is 30.3 Å². The molecule has 0 aliphatic carbocycles. The average Bonchev–Trinajstić information content (AvgIpc) is 3.08. The molecule has 1 aliphatic rings. The highest BCUT2D eigenvalue weighted by molar-refractivity contribution is 5.97. The van der Waals surface area contributed by atoms with E-state index >= 15 is 0 Å². The van der Waals surface area contributed by atoms with Gasteiger partial charge in [-0.25, -0.2) is 4.39 Å². The van der Waals surface area contributed by atoms with Crippen LogP contribution in [-0.2, 0) is 14.4 Å². The molecule has 2 N–H and O–H groups in total. The minimum Gasteiger partial charge on any atom is -0.357 e. The van der Waals surface area contributed by atoms with Gasteiger partial charge in [-0.2, -0.15) is 0 Å². The van der Waals surface area contributed by atoms with Gasteiger partial charge in [0.1, 0.15) is 11.9 Å². The zero-order valence-electron chi connectivity index (χ0n) is 14.3. The van der Waals surface area contributed by atoms with Crippen LogP contribution in [-0.4, -0.2) is 48.8 Å². The van der Waals surface area contributed by atoms with Crippen LogP contribution in [0.5, 0.6) is 0 Å². The van der Waals surface area contributed by atoms with E-state index in [1.54, 1.807) is 19.1 Å². The lowest BCUT2D eigenvalue weighted by Crippen LogP contribution is -2.48. The number of nitrogens with zero attached hydrogens (tertiary/aromatic N) is 1. The number of carbonyl (C=O) groups excluding carboxylic acids is 3. The van der Waals surface area contributed by atoms with Crippen LogP contribution < -0.4 is 10.6 Å². The van der Waals surface area contributed by atoms with Crippen molar-refractivity contribution in [1.29, 1.82) is 0 Å². The minimum absolute atomic E-state index is 0.181. The molecule has 134 valence electrons. The van der Waals surface area contributed by atoms with Gasteiger partial charge < -0.3 is 15.5 Å². The van der Waals surface area contributed by atoms with E-state index < -0.39 is 11.9 Å². The molecule has 1 aliphatic heterocycles. The molecule has 1 heterocycles. The molecule has 3 amide bonds. The van der Waals surface area contributed by atoms with Crippen molar-refractivity contribution in [2.24, 2.45) is 0 Å². The number of nitrogens with one attached hydrogen (secondary N) is 2. The largest absolute Gasteiger partial charge is 0.357 e. The molecule has 0 saturated carbocycles. The summed E-state index contributed by atoms with van der Waals surface area (Å²) in [6.45, 7) is 2.02. The lowest BCUT2D eigenvalue weighted by atomic mass is 10.1. The van der Waals surface area contributed by atoms with Crippen LogP contribution in [0.3, 0.4) is 0 Å². The summed E-state index contributed by atoms with van der Waals surface area (Å²) < 4.78 is 13.2. The van der Waals surface area contributed by atoms with Crippen LogP contribution in [0.25, 0.3) is 5.57 Å². The van der Waals surface area contributed by atoms with Crippen molar-refractivity contribution < 1.29 is 18.8 Å². The molecule has 7 heteroatoms. The summed E-state index contributed by atoms with van der Waals surface area (Å²) in [5, 5.41) is 5.07. The molecule has 1 fully saturated rings. The topological polar surface area (TPSA) is 78.5 Å². The summed E-state index contributed by atoms with van der Waals surface area (Å²) in [7, 11) is 1.53. The van der Waals surface area contributed by atoms with Crippen molar-refractivity contribution in [2.75, 3.05) is 20.1 Å². The molecule has 0 bridgehead atoms. The highest BCUT2D eigenvalue weighted by atomic mass is 19.1. The number of hydrogen-bond donors (Lipinski definition) is 2. The second-order valence-electron chi connectivity index (χ2n) is 5.91. The van der Waals surface area contributed by atoms with Gasteiger partial charge >= 0.3 is 0 Å². The van der Waals surface area contributed by atoms with Crippen LogP contribution in [0.4, 0.5) is 4.39 Å². The van der Waals surface area contributed by atoms with E-state index in [1.807, 2.05) is 0 Å². The van der Waals surface area contributed by atoms with Gasteiger partial charge in [-0.05, 0) is 43.0 Å². The Labute approximate surface area is 146 Å². The molecule has 0 radical (unpaired) electrons. The monoisotopic (exact) mass is 347 g/mol. The molecule has 1 unspecified atom stereocenters. The van der Waals surface area contributed by atoms with E-state index in [9.17, 15) is 18.8 Å². The minimum atomic E-state index is -0.473. The van der Waals surface area contributed by atoms with Crippen molar-refractivity contribution in [3.63, 3.8) is 0 Å². The van der Waals surface area contributed by atoms with Crippen molar-refractivity contribution in [3.8, 4) is 0 Å². The van der Waals surface area contributed by atoms with Crippen molar-refractivity contribution in [3.05, 3.63) is 41.7 Å². The van der Waals surface area contributed by atoms with Crippen molar-refractivity contribution >= 4 is 23.3 Å². The van der Waals surface area contributed by atoms with Gasteiger partial charge in [-0.15, -0.1) is 0 Å². The number of likely N-dealkylation sites (tertiary alicyclic amines) is 1. The zero-order chi connectivity index (χ0) is 18.4.